The second-order valence-corrected chi connectivity index (χ2v) is 10.5. The largest absolute Gasteiger partial charge is 0.394 e. The number of nitrogens with one attached hydrogen (secondary N) is 4. The van der Waals surface area contributed by atoms with Crippen LogP contribution >= 0.6 is 23.1 Å². The van der Waals surface area contributed by atoms with Crippen molar-refractivity contribution >= 4 is 45.1 Å². The molecule has 2 aliphatic heterocycles. The minimum absolute atomic E-state index is 0.0299. The van der Waals surface area contributed by atoms with Gasteiger partial charge < -0.3 is 50.1 Å². The van der Waals surface area contributed by atoms with Crippen LogP contribution in [0.25, 0.3) is 22.1 Å². The Morgan fingerprint density at radius 3 is 1.32 bits per heavy atom. The first-order valence-corrected chi connectivity index (χ1v) is 13.1. The molecule has 0 spiro atoms. The first-order valence-electron chi connectivity index (χ1n) is 11.5. The summed E-state index contributed by atoms with van der Waals surface area (Å²) in [5, 5.41) is 57.4. The van der Waals surface area contributed by atoms with Crippen LogP contribution in [-0.4, -0.2) is 109 Å². The minimum Gasteiger partial charge on any atom is -0.394 e. The number of hydrogen-bond acceptors (Lipinski definition) is 16. The van der Waals surface area contributed by atoms with Crippen LogP contribution in [0.4, 0.5) is 0 Å². The van der Waals surface area contributed by atoms with E-state index in [2.05, 4.69) is 18.7 Å². The lowest BCUT2D eigenvalue weighted by atomic mass is 10.1. The molecule has 0 unspecified atom stereocenters. The standard InChI is InChI=1S/2C10H11N3O6S/c2*14-1-2-5(15)6(16)7(19-2)8-3-4(13-20-8)9(17)12-10(18)11-3/h2*2,5-7,14-16H,1H2,(H2,11,12,17,18)/t2*2-,5-,6-,7-/m11/s1. The SMILES string of the molecule is O=c1[nH]c(=O)c2nsc([C@@H]3O[C@H](CO)[C@@H](O)[C@H]3O)c2[nH]1.O=c1[nH]c(=O)c2nsc([C@@H]3O[C@H](CO)[C@@H](O)[C@H]3O)c2[nH]1. The Bertz CT molecular complexity index is 1630. The number of aromatic amines is 4. The van der Waals surface area contributed by atoms with E-state index in [-0.39, 0.29) is 22.1 Å². The number of hydrogen-bond donors (Lipinski definition) is 10. The molecule has 20 heteroatoms. The molecule has 18 nitrogen and oxygen atoms in total. The summed E-state index contributed by atoms with van der Waals surface area (Å²) >= 11 is 1.77. The molecule has 2 saturated heterocycles. The van der Waals surface area contributed by atoms with Gasteiger partial charge in [-0.05, 0) is 23.1 Å². The van der Waals surface area contributed by atoms with Gasteiger partial charge in [0, 0.05) is 0 Å². The molecule has 0 aromatic carbocycles. The van der Waals surface area contributed by atoms with Crippen molar-refractivity contribution in [2.75, 3.05) is 13.2 Å². The fourth-order valence-corrected chi connectivity index (χ4v) is 6.20. The highest BCUT2D eigenvalue weighted by atomic mass is 32.1. The van der Waals surface area contributed by atoms with Gasteiger partial charge in [-0.15, -0.1) is 0 Å². The maximum atomic E-state index is 11.6. The zero-order valence-electron chi connectivity index (χ0n) is 19.9. The molecule has 216 valence electrons. The zero-order chi connectivity index (χ0) is 28.9. The van der Waals surface area contributed by atoms with Gasteiger partial charge in [0.2, 0.25) is 0 Å². The molecule has 0 aliphatic carbocycles. The Hall–Kier alpha value is -3.18. The van der Waals surface area contributed by atoms with Gasteiger partial charge in [-0.25, -0.2) is 9.59 Å². The van der Waals surface area contributed by atoms with Crippen molar-refractivity contribution in [1.82, 2.24) is 28.7 Å². The number of rotatable bonds is 4. The summed E-state index contributed by atoms with van der Waals surface area (Å²) in [5.74, 6) is 0. The molecule has 2 fully saturated rings. The fourth-order valence-electron chi connectivity index (χ4n) is 4.39. The number of ether oxygens (including phenoxy) is 2. The Labute approximate surface area is 227 Å². The molecule has 8 atom stereocenters. The van der Waals surface area contributed by atoms with Gasteiger partial charge >= 0.3 is 11.4 Å². The van der Waals surface area contributed by atoms with Crippen molar-refractivity contribution in [3.05, 3.63) is 51.4 Å². The van der Waals surface area contributed by atoms with Crippen LogP contribution in [0.15, 0.2) is 19.2 Å². The van der Waals surface area contributed by atoms with Crippen molar-refractivity contribution in [1.29, 1.82) is 0 Å². The first-order chi connectivity index (χ1) is 19.0. The minimum atomic E-state index is -1.28. The molecule has 40 heavy (non-hydrogen) atoms. The summed E-state index contributed by atoms with van der Waals surface area (Å²) in [6.07, 6.45) is -8.85. The molecule has 0 saturated carbocycles. The number of nitrogens with zero attached hydrogens (tertiary/aromatic N) is 2. The average Bonchev–Trinajstić information content (AvgIpc) is 3.66. The van der Waals surface area contributed by atoms with Gasteiger partial charge in [0.15, 0.2) is 11.0 Å². The molecule has 0 amide bonds. The normalized spacial score (nSPS) is 30.1. The Kier molecular flexibility index (Phi) is 7.80. The number of aliphatic hydroxyl groups excluding tert-OH is 6. The highest BCUT2D eigenvalue weighted by Gasteiger charge is 2.45. The van der Waals surface area contributed by atoms with Gasteiger partial charge in [-0.1, -0.05) is 0 Å². The second kappa shape index (κ2) is 11.0. The molecule has 4 aromatic rings. The lowest BCUT2D eigenvalue weighted by molar-refractivity contribution is -0.0215. The highest BCUT2D eigenvalue weighted by molar-refractivity contribution is 7.07. The van der Waals surface area contributed by atoms with Gasteiger partial charge in [0.05, 0.1) is 34.0 Å². The van der Waals surface area contributed by atoms with Crippen LogP contribution in [0.2, 0.25) is 0 Å². The van der Waals surface area contributed by atoms with E-state index in [1.54, 1.807) is 0 Å². The van der Waals surface area contributed by atoms with Crippen molar-refractivity contribution in [3.8, 4) is 0 Å². The number of aliphatic hydroxyl groups is 6. The van der Waals surface area contributed by atoms with E-state index in [0.717, 1.165) is 23.1 Å². The van der Waals surface area contributed by atoms with E-state index in [0.29, 0.717) is 9.75 Å². The molecule has 0 bridgehead atoms. The van der Waals surface area contributed by atoms with Crippen LogP contribution in [0, 0.1) is 0 Å². The monoisotopic (exact) mass is 602 g/mol. The quantitative estimate of drug-likeness (QED) is 0.106. The topological polar surface area (TPSA) is 297 Å². The second-order valence-electron chi connectivity index (χ2n) is 8.88. The maximum Gasteiger partial charge on any atom is 0.326 e. The molecular weight excluding hydrogens is 580 g/mol. The van der Waals surface area contributed by atoms with Gasteiger partial charge in [-0.2, -0.15) is 8.75 Å². The lowest BCUT2D eigenvalue weighted by Crippen LogP contribution is -2.32. The number of aromatic nitrogens is 6. The first kappa shape index (κ1) is 28.4. The maximum absolute atomic E-state index is 11.6. The van der Waals surface area contributed by atoms with Crippen LogP contribution in [0.5, 0.6) is 0 Å². The summed E-state index contributed by atoms with van der Waals surface area (Å²) in [6, 6.07) is 0. The summed E-state index contributed by atoms with van der Waals surface area (Å²) in [4.78, 5) is 55.3. The summed E-state index contributed by atoms with van der Waals surface area (Å²) in [6.45, 7) is -0.912. The van der Waals surface area contributed by atoms with Crippen molar-refractivity contribution in [3.63, 3.8) is 0 Å². The molecule has 6 heterocycles. The van der Waals surface area contributed by atoms with E-state index >= 15 is 0 Å². The van der Waals surface area contributed by atoms with E-state index in [9.17, 15) is 39.6 Å². The smallest absolute Gasteiger partial charge is 0.326 e. The lowest BCUT2D eigenvalue weighted by Gasteiger charge is -2.12. The third kappa shape index (κ3) is 4.83. The third-order valence-corrected chi connectivity index (χ3v) is 8.21. The van der Waals surface area contributed by atoms with Gasteiger partial charge in [0.1, 0.15) is 48.8 Å². The van der Waals surface area contributed by atoms with Gasteiger partial charge in [0.25, 0.3) is 11.1 Å². The molecule has 10 N–H and O–H groups in total. The summed E-state index contributed by atoms with van der Waals surface area (Å²) in [5.41, 5.74) is -2.29. The Balaban J connectivity index is 0.000000161. The van der Waals surface area contributed by atoms with Crippen LogP contribution in [-0.2, 0) is 9.47 Å². The number of fused-ring (bicyclic) bond motifs is 2. The van der Waals surface area contributed by atoms with E-state index < -0.39 is 84.5 Å². The molecular formula is C20H22N6O12S2. The van der Waals surface area contributed by atoms with E-state index in [1.165, 1.54) is 0 Å². The fraction of sp³-hybridized carbons (Fsp3) is 0.500. The van der Waals surface area contributed by atoms with Crippen molar-refractivity contribution in [2.45, 2.75) is 48.8 Å². The van der Waals surface area contributed by atoms with Crippen LogP contribution in [0.1, 0.15) is 22.0 Å². The van der Waals surface area contributed by atoms with Crippen LogP contribution < -0.4 is 22.5 Å². The zero-order valence-corrected chi connectivity index (χ0v) is 21.5. The Morgan fingerprint density at radius 1 is 0.625 bits per heavy atom. The third-order valence-electron chi connectivity index (χ3n) is 6.40. The van der Waals surface area contributed by atoms with Crippen molar-refractivity contribution < 1.29 is 40.1 Å². The molecule has 2 aliphatic rings. The van der Waals surface area contributed by atoms with Gasteiger partial charge in [-0.3, -0.25) is 19.6 Å². The molecule has 4 aromatic heterocycles. The highest BCUT2D eigenvalue weighted by Crippen LogP contribution is 2.38. The number of H-pyrrole nitrogens is 4. The molecule has 6 rings (SSSR count). The van der Waals surface area contributed by atoms with E-state index in [1.807, 2.05) is 9.97 Å². The Morgan fingerprint density at radius 2 is 1.00 bits per heavy atom. The predicted octanol–water partition coefficient (Wildman–Crippen LogP) is -4.35. The average molecular weight is 603 g/mol. The van der Waals surface area contributed by atoms with Crippen molar-refractivity contribution in [2.24, 2.45) is 0 Å². The molecule has 0 radical (unpaired) electrons. The summed E-state index contributed by atoms with van der Waals surface area (Å²) < 4.78 is 18.5. The summed E-state index contributed by atoms with van der Waals surface area (Å²) in [7, 11) is 0. The predicted molar refractivity (Wildman–Crippen MR) is 135 cm³/mol. The van der Waals surface area contributed by atoms with Crippen LogP contribution in [0.3, 0.4) is 0 Å². The van der Waals surface area contributed by atoms with E-state index in [4.69, 9.17) is 19.7 Å².